The third-order valence-electron chi connectivity index (χ3n) is 4.01. The van der Waals surface area contributed by atoms with Crippen molar-refractivity contribution in [2.24, 2.45) is 0 Å². The number of nitrogens with zero attached hydrogens (tertiary/aromatic N) is 1. The first-order valence-electron chi connectivity index (χ1n) is 8.28. The van der Waals surface area contributed by atoms with Gasteiger partial charge in [0.05, 0.1) is 5.69 Å². The highest BCUT2D eigenvalue weighted by Crippen LogP contribution is 2.25. The number of anilines is 2. The summed E-state index contributed by atoms with van der Waals surface area (Å²) < 4.78 is 5.76. The minimum absolute atomic E-state index is 0.185. The van der Waals surface area contributed by atoms with Crippen molar-refractivity contribution in [1.82, 2.24) is 4.98 Å². The lowest BCUT2D eigenvalue weighted by Crippen LogP contribution is -2.30. The Morgan fingerprint density at radius 3 is 2.58 bits per heavy atom. The molecular weight excluding hydrogens is 346 g/mol. The Balaban J connectivity index is 1.64. The Bertz CT molecular complexity index is 919. The van der Waals surface area contributed by atoms with Crippen molar-refractivity contribution in [2.75, 3.05) is 11.1 Å². The van der Waals surface area contributed by atoms with Crippen molar-refractivity contribution in [1.29, 1.82) is 0 Å². The van der Waals surface area contributed by atoms with Crippen molar-refractivity contribution in [3.05, 3.63) is 59.0 Å². The molecule has 0 saturated carbocycles. The predicted molar refractivity (Wildman–Crippen MR) is 107 cm³/mol. The van der Waals surface area contributed by atoms with E-state index in [2.05, 4.69) is 10.3 Å². The molecule has 6 heteroatoms. The maximum absolute atomic E-state index is 12.4. The summed E-state index contributed by atoms with van der Waals surface area (Å²) in [5.41, 5.74) is 10.4. The standard InChI is InChI=1S/C20H21N3O2S/c1-12-4-5-13(2)17(10-12)22-19(24)14(3)25-16-8-6-15(7-9-16)18-11-26-20(21)23-18/h4-11,14H,1-3H3,(H2,21,23)(H,22,24). The van der Waals surface area contributed by atoms with E-state index in [1.807, 2.05) is 61.7 Å². The number of thiazole rings is 1. The van der Waals surface area contributed by atoms with Crippen LogP contribution in [0.5, 0.6) is 5.75 Å². The molecule has 0 aliphatic heterocycles. The fraction of sp³-hybridized carbons (Fsp3) is 0.200. The maximum Gasteiger partial charge on any atom is 0.265 e. The summed E-state index contributed by atoms with van der Waals surface area (Å²) in [6.45, 7) is 5.69. The molecule has 1 aromatic heterocycles. The SMILES string of the molecule is Cc1ccc(C)c(NC(=O)C(C)Oc2ccc(-c3csc(N)n3)cc2)c1. The highest BCUT2D eigenvalue weighted by molar-refractivity contribution is 7.13. The summed E-state index contributed by atoms with van der Waals surface area (Å²) in [7, 11) is 0. The van der Waals surface area contributed by atoms with Gasteiger partial charge in [-0.05, 0) is 62.2 Å². The maximum atomic E-state index is 12.4. The molecule has 1 amide bonds. The van der Waals surface area contributed by atoms with Crippen molar-refractivity contribution in [3.63, 3.8) is 0 Å². The lowest BCUT2D eigenvalue weighted by molar-refractivity contribution is -0.122. The van der Waals surface area contributed by atoms with Gasteiger partial charge in [-0.3, -0.25) is 4.79 Å². The number of carbonyl (C=O) groups is 1. The van der Waals surface area contributed by atoms with Gasteiger partial charge in [-0.2, -0.15) is 0 Å². The van der Waals surface area contributed by atoms with Crippen LogP contribution < -0.4 is 15.8 Å². The van der Waals surface area contributed by atoms with Crippen molar-refractivity contribution in [2.45, 2.75) is 26.9 Å². The molecule has 3 rings (SSSR count). The van der Waals surface area contributed by atoms with E-state index in [0.717, 1.165) is 28.1 Å². The van der Waals surface area contributed by atoms with Crippen LogP contribution in [0, 0.1) is 13.8 Å². The van der Waals surface area contributed by atoms with Crippen molar-refractivity contribution >= 4 is 28.1 Å². The van der Waals surface area contributed by atoms with Crippen LogP contribution in [0.3, 0.4) is 0 Å². The minimum atomic E-state index is -0.615. The molecule has 0 fully saturated rings. The normalized spacial score (nSPS) is 11.8. The fourth-order valence-corrected chi connectivity index (χ4v) is 3.06. The topological polar surface area (TPSA) is 77.2 Å². The summed E-state index contributed by atoms with van der Waals surface area (Å²) in [6.07, 6.45) is -0.615. The first-order chi connectivity index (χ1) is 12.4. The highest BCUT2D eigenvalue weighted by atomic mass is 32.1. The van der Waals surface area contributed by atoms with E-state index in [1.54, 1.807) is 6.92 Å². The second kappa shape index (κ2) is 7.58. The molecule has 1 unspecified atom stereocenters. The third kappa shape index (κ3) is 4.21. The number of hydrogen-bond donors (Lipinski definition) is 2. The van der Waals surface area contributed by atoms with E-state index < -0.39 is 6.10 Å². The number of nitrogens with one attached hydrogen (secondary N) is 1. The Morgan fingerprint density at radius 1 is 1.19 bits per heavy atom. The number of rotatable bonds is 5. The zero-order chi connectivity index (χ0) is 18.7. The molecule has 0 radical (unpaired) electrons. The number of aromatic nitrogens is 1. The number of amides is 1. The second-order valence-electron chi connectivity index (χ2n) is 6.16. The van der Waals surface area contributed by atoms with E-state index in [4.69, 9.17) is 10.5 Å². The van der Waals surface area contributed by atoms with E-state index in [9.17, 15) is 4.79 Å². The van der Waals surface area contributed by atoms with Crippen LogP contribution in [0.25, 0.3) is 11.3 Å². The first kappa shape index (κ1) is 17.9. The van der Waals surface area contributed by atoms with E-state index in [1.165, 1.54) is 11.3 Å². The summed E-state index contributed by atoms with van der Waals surface area (Å²) >= 11 is 1.40. The second-order valence-corrected chi connectivity index (χ2v) is 7.05. The zero-order valence-corrected chi connectivity index (χ0v) is 15.8. The first-order valence-corrected chi connectivity index (χ1v) is 9.16. The van der Waals surface area contributed by atoms with Crippen molar-refractivity contribution < 1.29 is 9.53 Å². The summed E-state index contributed by atoms with van der Waals surface area (Å²) in [5.74, 6) is 0.440. The van der Waals surface area contributed by atoms with E-state index in [0.29, 0.717) is 10.9 Å². The zero-order valence-electron chi connectivity index (χ0n) is 14.9. The number of hydrogen-bond acceptors (Lipinski definition) is 5. The van der Waals surface area contributed by atoms with Crippen LogP contribution in [0.4, 0.5) is 10.8 Å². The monoisotopic (exact) mass is 367 g/mol. The lowest BCUT2D eigenvalue weighted by atomic mass is 10.1. The molecule has 0 spiro atoms. The number of carbonyl (C=O) groups excluding carboxylic acids is 1. The minimum Gasteiger partial charge on any atom is -0.481 e. The molecule has 2 aromatic carbocycles. The molecule has 1 atom stereocenters. The Labute approximate surface area is 156 Å². The summed E-state index contributed by atoms with van der Waals surface area (Å²) in [5, 5.41) is 5.37. The van der Waals surface area contributed by atoms with Gasteiger partial charge < -0.3 is 15.8 Å². The molecule has 134 valence electrons. The van der Waals surface area contributed by atoms with Crippen LogP contribution in [-0.2, 0) is 4.79 Å². The van der Waals surface area contributed by atoms with Gasteiger partial charge in [-0.1, -0.05) is 12.1 Å². The third-order valence-corrected chi connectivity index (χ3v) is 4.68. The number of nitrogens with two attached hydrogens (primary N) is 1. The summed E-state index contributed by atoms with van der Waals surface area (Å²) in [6, 6.07) is 13.4. The van der Waals surface area contributed by atoms with Crippen LogP contribution in [0.2, 0.25) is 0 Å². The van der Waals surface area contributed by atoms with Gasteiger partial charge in [-0.25, -0.2) is 4.98 Å². The fourth-order valence-electron chi connectivity index (χ4n) is 2.49. The number of benzene rings is 2. The van der Waals surface area contributed by atoms with Crippen LogP contribution >= 0.6 is 11.3 Å². The quantitative estimate of drug-likeness (QED) is 0.700. The van der Waals surface area contributed by atoms with E-state index in [-0.39, 0.29) is 5.91 Å². The van der Waals surface area contributed by atoms with E-state index >= 15 is 0 Å². The van der Waals surface area contributed by atoms with Gasteiger partial charge in [0.25, 0.3) is 5.91 Å². The van der Waals surface area contributed by atoms with Gasteiger partial charge in [0.1, 0.15) is 5.75 Å². The lowest BCUT2D eigenvalue weighted by Gasteiger charge is -2.16. The Hall–Kier alpha value is -2.86. The molecule has 26 heavy (non-hydrogen) atoms. The van der Waals surface area contributed by atoms with Crippen LogP contribution in [-0.4, -0.2) is 17.0 Å². The molecule has 5 nitrogen and oxygen atoms in total. The molecule has 3 N–H and O–H groups in total. The highest BCUT2D eigenvalue weighted by Gasteiger charge is 2.16. The van der Waals surface area contributed by atoms with Gasteiger partial charge in [0, 0.05) is 16.6 Å². The van der Waals surface area contributed by atoms with Gasteiger partial charge in [0.2, 0.25) is 0 Å². The largest absolute Gasteiger partial charge is 0.481 e. The average Bonchev–Trinajstić information content (AvgIpc) is 3.05. The molecule has 1 heterocycles. The average molecular weight is 367 g/mol. The summed E-state index contributed by atoms with van der Waals surface area (Å²) in [4.78, 5) is 16.7. The smallest absolute Gasteiger partial charge is 0.265 e. The van der Waals surface area contributed by atoms with Gasteiger partial charge >= 0.3 is 0 Å². The number of aryl methyl sites for hydroxylation is 2. The van der Waals surface area contributed by atoms with Crippen LogP contribution in [0.15, 0.2) is 47.8 Å². The van der Waals surface area contributed by atoms with Gasteiger partial charge in [0.15, 0.2) is 11.2 Å². The van der Waals surface area contributed by atoms with Crippen LogP contribution in [0.1, 0.15) is 18.1 Å². The molecule has 3 aromatic rings. The number of nitrogen functional groups attached to an aromatic ring is 1. The molecule has 0 saturated heterocycles. The number of ether oxygens (including phenoxy) is 1. The molecular formula is C20H21N3O2S. The molecule has 0 bridgehead atoms. The Kier molecular flexibility index (Phi) is 5.23. The Morgan fingerprint density at radius 2 is 1.92 bits per heavy atom. The predicted octanol–water partition coefficient (Wildman–Crippen LogP) is 4.42. The molecule has 0 aliphatic carbocycles. The van der Waals surface area contributed by atoms with Crippen molar-refractivity contribution in [3.8, 4) is 17.0 Å². The molecule has 0 aliphatic rings. The van der Waals surface area contributed by atoms with Gasteiger partial charge in [-0.15, -0.1) is 11.3 Å².